The summed E-state index contributed by atoms with van der Waals surface area (Å²) in [6, 6.07) is 8.57. The van der Waals surface area contributed by atoms with Gasteiger partial charge < -0.3 is 9.88 Å². The third-order valence-electron chi connectivity index (χ3n) is 3.54. The number of benzene rings is 1. The van der Waals surface area contributed by atoms with E-state index in [1.54, 1.807) is 31.0 Å². The van der Waals surface area contributed by atoms with Crippen molar-refractivity contribution in [2.24, 2.45) is 0 Å². The maximum Gasteiger partial charge on any atom is 0.259 e. The van der Waals surface area contributed by atoms with Crippen molar-refractivity contribution < 1.29 is 4.79 Å². The number of nitrogens with zero attached hydrogens (tertiary/aromatic N) is 1. The largest absolute Gasteiger partial charge is 0.364 e. The van der Waals surface area contributed by atoms with Crippen LogP contribution in [0, 0.1) is 6.92 Å². The second-order valence-electron chi connectivity index (χ2n) is 5.04. The van der Waals surface area contributed by atoms with Crippen molar-refractivity contribution in [2.75, 3.05) is 7.05 Å². The Morgan fingerprint density at radius 2 is 1.90 bits per heavy atom. The second-order valence-corrected chi connectivity index (χ2v) is 5.47. The molecular formula is C16H17ClN2O2. The summed E-state index contributed by atoms with van der Waals surface area (Å²) in [4.78, 5) is 28.8. The van der Waals surface area contributed by atoms with Gasteiger partial charge in [-0.15, -0.1) is 0 Å². The van der Waals surface area contributed by atoms with E-state index in [-0.39, 0.29) is 22.9 Å². The average Bonchev–Trinajstić information content (AvgIpc) is 2.46. The van der Waals surface area contributed by atoms with Crippen molar-refractivity contribution in [1.82, 2.24) is 9.88 Å². The van der Waals surface area contributed by atoms with E-state index in [0.29, 0.717) is 5.02 Å². The third kappa shape index (κ3) is 3.34. The Hall–Kier alpha value is -2.07. The molecule has 5 heteroatoms. The molecule has 4 nitrogen and oxygen atoms in total. The van der Waals surface area contributed by atoms with Gasteiger partial charge in [0.2, 0.25) is 0 Å². The first-order valence-corrected chi connectivity index (χ1v) is 7.00. The quantitative estimate of drug-likeness (QED) is 0.947. The van der Waals surface area contributed by atoms with Gasteiger partial charge in [0.25, 0.3) is 5.91 Å². The Morgan fingerprint density at radius 3 is 2.48 bits per heavy atom. The monoisotopic (exact) mass is 304 g/mol. The van der Waals surface area contributed by atoms with Crippen LogP contribution in [0.15, 0.2) is 41.3 Å². The van der Waals surface area contributed by atoms with Crippen molar-refractivity contribution in [2.45, 2.75) is 19.9 Å². The van der Waals surface area contributed by atoms with Crippen molar-refractivity contribution in [3.8, 4) is 0 Å². The highest BCUT2D eigenvalue weighted by Crippen LogP contribution is 2.21. The molecule has 1 amide bonds. The van der Waals surface area contributed by atoms with Crippen molar-refractivity contribution >= 4 is 17.5 Å². The minimum atomic E-state index is -0.307. The molecule has 1 N–H and O–H groups in total. The fourth-order valence-electron chi connectivity index (χ4n) is 2.07. The molecule has 0 spiro atoms. The van der Waals surface area contributed by atoms with Gasteiger partial charge in [-0.05, 0) is 31.5 Å². The number of H-pyrrole nitrogens is 1. The summed E-state index contributed by atoms with van der Waals surface area (Å²) in [6.07, 6.45) is 1.46. The molecule has 0 fully saturated rings. The number of aromatic nitrogens is 1. The highest BCUT2D eigenvalue weighted by atomic mass is 35.5. The number of amides is 1. The molecule has 1 atom stereocenters. The lowest BCUT2D eigenvalue weighted by Gasteiger charge is -2.25. The molecule has 0 aliphatic carbocycles. The molecule has 0 aliphatic rings. The Morgan fingerprint density at radius 1 is 1.29 bits per heavy atom. The summed E-state index contributed by atoms with van der Waals surface area (Å²) < 4.78 is 0. The number of aryl methyl sites for hydroxylation is 1. The third-order valence-corrected chi connectivity index (χ3v) is 3.79. The molecule has 0 saturated carbocycles. The standard InChI is InChI=1S/C16H17ClN2O2/c1-10-8-15(20)14(9-18-10)16(21)19(3)11(2)12-4-6-13(17)7-5-12/h4-9,11H,1-3H3,(H,18,20). The molecule has 110 valence electrons. The number of carbonyl (C=O) groups excluding carboxylic acids is 1. The van der Waals surface area contributed by atoms with E-state index >= 15 is 0 Å². The van der Waals surface area contributed by atoms with Crippen LogP contribution in [0.1, 0.15) is 34.6 Å². The van der Waals surface area contributed by atoms with E-state index in [4.69, 9.17) is 11.6 Å². The molecule has 1 unspecified atom stereocenters. The Balaban J connectivity index is 2.26. The zero-order valence-corrected chi connectivity index (χ0v) is 12.9. The molecule has 1 aromatic carbocycles. The van der Waals surface area contributed by atoms with Gasteiger partial charge in [-0.25, -0.2) is 0 Å². The number of hydrogen-bond acceptors (Lipinski definition) is 2. The number of pyridine rings is 1. The molecule has 2 rings (SSSR count). The van der Waals surface area contributed by atoms with Crippen LogP contribution >= 0.6 is 11.6 Å². The average molecular weight is 305 g/mol. The number of halogens is 1. The maximum absolute atomic E-state index is 12.4. The first-order valence-electron chi connectivity index (χ1n) is 6.62. The van der Waals surface area contributed by atoms with Crippen LogP contribution in [-0.2, 0) is 0 Å². The van der Waals surface area contributed by atoms with Gasteiger partial charge in [0, 0.05) is 30.0 Å². The Bertz CT molecular complexity index is 707. The number of carbonyl (C=O) groups is 1. The number of aromatic amines is 1. The zero-order chi connectivity index (χ0) is 15.6. The molecule has 2 aromatic rings. The summed E-state index contributed by atoms with van der Waals surface area (Å²) in [6.45, 7) is 3.68. The number of rotatable bonds is 3. The van der Waals surface area contributed by atoms with Gasteiger partial charge in [-0.1, -0.05) is 23.7 Å². The molecular weight excluding hydrogens is 288 g/mol. The van der Waals surface area contributed by atoms with Crippen LogP contribution in [-0.4, -0.2) is 22.8 Å². The number of hydrogen-bond donors (Lipinski definition) is 1. The van der Waals surface area contributed by atoms with Crippen LogP contribution < -0.4 is 5.43 Å². The zero-order valence-electron chi connectivity index (χ0n) is 12.2. The molecule has 0 radical (unpaired) electrons. The first kappa shape index (κ1) is 15.3. The van der Waals surface area contributed by atoms with Gasteiger partial charge in [0.05, 0.1) is 6.04 Å². The van der Waals surface area contributed by atoms with E-state index in [2.05, 4.69) is 4.98 Å². The smallest absolute Gasteiger partial charge is 0.259 e. The highest BCUT2D eigenvalue weighted by molar-refractivity contribution is 6.30. The van der Waals surface area contributed by atoms with Crippen molar-refractivity contribution in [1.29, 1.82) is 0 Å². The minimum Gasteiger partial charge on any atom is -0.364 e. The van der Waals surface area contributed by atoms with Crippen LogP contribution in [0.5, 0.6) is 0 Å². The first-order chi connectivity index (χ1) is 9.90. The van der Waals surface area contributed by atoms with Crippen LogP contribution in [0.3, 0.4) is 0 Å². The van der Waals surface area contributed by atoms with Gasteiger partial charge in [0.1, 0.15) is 5.56 Å². The second kappa shape index (κ2) is 6.14. The highest BCUT2D eigenvalue weighted by Gasteiger charge is 2.21. The lowest BCUT2D eigenvalue weighted by Crippen LogP contribution is -2.33. The van der Waals surface area contributed by atoms with Gasteiger partial charge in [0.15, 0.2) is 5.43 Å². The van der Waals surface area contributed by atoms with Crippen LogP contribution in [0.25, 0.3) is 0 Å². The van der Waals surface area contributed by atoms with E-state index in [1.807, 2.05) is 19.1 Å². The molecule has 0 aliphatic heterocycles. The maximum atomic E-state index is 12.4. The molecule has 0 bridgehead atoms. The van der Waals surface area contributed by atoms with E-state index < -0.39 is 0 Å². The Kier molecular flexibility index (Phi) is 4.48. The lowest BCUT2D eigenvalue weighted by atomic mass is 10.1. The van der Waals surface area contributed by atoms with E-state index in [1.165, 1.54) is 12.3 Å². The fourth-order valence-corrected chi connectivity index (χ4v) is 2.20. The van der Waals surface area contributed by atoms with Gasteiger partial charge >= 0.3 is 0 Å². The van der Waals surface area contributed by atoms with E-state index in [9.17, 15) is 9.59 Å². The summed E-state index contributed by atoms with van der Waals surface area (Å²) in [5.41, 5.74) is 1.55. The normalized spacial score (nSPS) is 12.0. The Labute approximate surface area is 128 Å². The molecule has 21 heavy (non-hydrogen) atoms. The number of nitrogens with one attached hydrogen (secondary N) is 1. The predicted molar refractivity (Wildman–Crippen MR) is 83.8 cm³/mol. The molecule has 0 saturated heterocycles. The molecule has 1 heterocycles. The van der Waals surface area contributed by atoms with Crippen LogP contribution in [0.4, 0.5) is 0 Å². The summed E-state index contributed by atoms with van der Waals surface area (Å²) in [7, 11) is 1.68. The van der Waals surface area contributed by atoms with Gasteiger partial charge in [-0.3, -0.25) is 9.59 Å². The predicted octanol–water partition coefficient (Wildman–Crippen LogP) is 3.17. The summed E-state index contributed by atoms with van der Waals surface area (Å²) >= 11 is 5.86. The molecule has 1 aromatic heterocycles. The van der Waals surface area contributed by atoms with Crippen molar-refractivity contribution in [3.63, 3.8) is 0 Å². The summed E-state index contributed by atoms with van der Waals surface area (Å²) in [5, 5.41) is 0.648. The lowest BCUT2D eigenvalue weighted by molar-refractivity contribution is 0.0741. The minimum absolute atomic E-state index is 0.143. The SMILES string of the molecule is Cc1cc(=O)c(C(=O)N(C)C(C)c2ccc(Cl)cc2)c[nH]1. The fraction of sp³-hybridized carbons (Fsp3) is 0.250. The van der Waals surface area contributed by atoms with Crippen molar-refractivity contribution in [3.05, 3.63) is 68.6 Å². The van der Waals surface area contributed by atoms with E-state index in [0.717, 1.165) is 11.3 Å². The van der Waals surface area contributed by atoms with Crippen LogP contribution in [0.2, 0.25) is 5.02 Å². The van der Waals surface area contributed by atoms with Gasteiger partial charge in [-0.2, -0.15) is 0 Å². The topological polar surface area (TPSA) is 53.2 Å². The summed E-state index contributed by atoms with van der Waals surface area (Å²) in [5.74, 6) is -0.307.